The molecule has 0 atom stereocenters. The Morgan fingerprint density at radius 3 is 2.41 bits per heavy atom. The summed E-state index contributed by atoms with van der Waals surface area (Å²) < 4.78 is 2.01. The fourth-order valence-corrected chi connectivity index (χ4v) is 4.07. The lowest BCUT2D eigenvalue weighted by Gasteiger charge is -2.32. The number of amides is 2. The molecule has 1 aliphatic rings. The van der Waals surface area contributed by atoms with Gasteiger partial charge < -0.3 is 15.2 Å². The molecular formula is C25H33N5O2. The van der Waals surface area contributed by atoms with E-state index in [0.29, 0.717) is 17.9 Å². The van der Waals surface area contributed by atoms with Crippen LogP contribution in [-0.2, 0) is 16.1 Å². The van der Waals surface area contributed by atoms with Crippen molar-refractivity contribution < 1.29 is 9.59 Å². The van der Waals surface area contributed by atoms with Crippen molar-refractivity contribution in [3.63, 3.8) is 0 Å². The molecule has 0 radical (unpaired) electrons. The molecule has 2 aromatic rings. The van der Waals surface area contributed by atoms with Crippen LogP contribution >= 0.6 is 0 Å². The largest absolute Gasteiger partial charge is 0.353 e. The van der Waals surface area contributed by atoms with Crippen LogP contribution in [0.1, 0.15) is 49.1 Å². The smallest absolute Gasteiger partial charge is 0.239 e. The van der Waals surface area contributed by atoms with Gasteiger partial charge in [0.05, 0.1) is 12.1 Å². The lowest BCUT2D eigenvalue weighted by molar-refractivity contribution is -0.125. The predicted molar refractivity (Wildman–Crippen MR) is 125 cm³/mol. The number of anilines is 1. The Balaban J connectivity index is 1.64. The second-order valence-corrected chi connectivity index (χ2v) is 8.88. The maximum Gasteiger partial charge on any atom is 0.239 e. The van der Waals surface area contributed by atoms with E-state index in [4.69, 9.17) is 0 Å². The zero-order chi connectivity index (χ0) is 23.3. The van der Waals surface area contributed by atoms with E-state index in [1.807, 2.05) is 62.6 Å². The Kier molecular flexibility index (Phi) is 7.70. The Morgan fingerprint density at radius 2 is 1.81 bits per heavy atom. The molecule has 2 heterocycles. The Bertz CT molecular complexity index is 996. The summed E-state index contributed by atoms with van der Waals surface area (Å²) in [7, 11) is 0. The highest BCUT2D eigenvalue weighted by atomic mass is 16.2. The molecule has 0 saturated carbocycles. The third-order valence-electron chi connectivity index (χ3n) is 6.21. The molecule has 7 nitrogen and oxygen atoms in total. The van der Waals surface area contributed by atoms with Gasteiger partial charge in [0.1, 0.15) is 11.9 Å². The second kappa shape index (κ2) is 10.5. The molecule has 2 N–H and O–H groups in total. The summed E-state index contributed by atoms with van der Waals surface area (Å²) in [6.07, 6.45) is 1.66. The van der Waals surface area contributed by atoms with Crippen molar-refractivity contribution >= 4 is 17.6 Å². The number of likely N-dealkylation sites (tertiary alicyclic amines) is 1. The second-order valence-electron chi connectivity index (χ2n) is 8.88. The number of piperidine rings is 1. The van der Waals surface area contributed by atoms with Crippen LogP contribution < -0.4 is 10.6 Å². The molecule has 2 amide bonds. The van der Waals surface area contributed by atoms with Crippen LogP contribution in [-0.4, -0.2) is 47.0 Å². The Hall–Kier alpha value is -3.11. The summed E-state index contributed by atoms with van der Waals surface area (Å²) in [6.45, 7) is 10.0. The van der Waals surface area contributed by atoms with Gasteiger partial charge in [0.15, 0.2) is 0 Å². The van der Waals surface area contributed by atoms with Gasteiger partial charge >= 0.3 is 0 Å². The average Bonchev–Trinajstić information content (AvgIpc) is 2.99. The molecule has 1 aromatic carbocycles. The van der Waals surface area contributed by atoms with Crippen LogP contribution in [0.5, 0.6) is 0 Å². The molecule has 32 heavy (non-hydrogen) atoms. The standard InChI is InChI=1S/C25H33N5O2/c1-17(2)25(32)27-21-10-12-29(13-11-21)16-23(31)28-24-22(14-26)18(3)19(4)30(24)15-20-8-6-5-7-9-20/h5-9,17,21H,10-13,15-16H2,1-4H3,(H,27,32)(H,28,31). The van der Waals surface area contributed by atoms with Crippen molar-refractivity contribution in [2.45, 2.75) is 53.1 Å². The minimum atomic E-state index is -0.127. The summed E-state index contributed by atoms with van der Waals surface area (Å²) in [5.74, 6) is 0.496. The zero-order valence-corrected chi connectivity index (χ0v) is 19.4. The average molecular weight is 436 g/mol. The summed E-state index contributed by atoms with van der Waals surface area (Å²) in [6, 6.07) is 12.4. The molecular weight excluding hydrogens is 402 g/mol. The van der Waals surface area contributed by atoms with Crippen molar-refractivity contribution in [3.8, 4) is 6.07 Å². The van der Waals surface area contributed by atoms with Gasteiger partial charge in [-0.2, -0.15) is 5.26 Å². The minimum absolute atomic E-state index is 0.0211. The Morgan fingerprint density at radius 1 is 1.16 bits per heavy atom. The minimum Gasteiger partial charge on any atom is -0.353 e. The van der Waals surface area contributed by atoms with E-state index in [-0.39, 0.29) is 30.3 Å². The van der Waals surface area contributed by atoms with Crippen molar-refractivity contribution in [2.75, 3.05) is 25.0 Å². The van der Waals surface area contributed by atoms with Gasteiger partial charge in [-0.25, -0.2) is 0 Å². The van der Waals surface area contributed by atoms with E-state index in [0.717, 1.165) is 42.8 Å². The molecule has 1 fully saturated rings. The highest BCUT2D eigenvalue weighted by Gasteiger charge is 2.24. The van der Waals surface area contributed by atoms with Crippen LogP contribution in [0.3, 0.4) is 0 Å². The van der Waals surface area contributed by atoms with Crippen LogP contribution in [0.2, 0.25) is 0 Å². The number of benzene rings is 1. The normalized spacial score (nSPS) is 14.9. The summed E-state index contributed by atoms with van der Waals surface area (Å²) in [5.41, 5.74) is 3.49. The van der Waals surface area contributed by atoms with E-state index in [2.05, 4.69) is 21.6 Å². The highest BCUT2D eigenvalue weighted by Crippen LogP contribution is 2.27. The topological polar surface area (TPSA) is 90.2 Å². The molecule has 0 bridgehead atoms. The van der Waals surface area contributed by atoms with Gasteiger partial charge in [0.2, 0.25) is 11.8 Å². The first-order valence-electron chi connectivity index (χ1n) is 11.3. The lowest BCUT2D eigenvalue weighted by atomic mass is 10.0. The fraction of sp³-hybridized carbons (Fsp3) is 0.480. The molecule has 7 heteroatoms. The quantitative estimate of drug-likeness (QED) is 0.699. The summed E-state index contributed by atoms with van der Waals surface area (Å²) in [4.78, 5) is 26.9. The van der Waals surface area contributed by atoms with E-state index in [1.165, 1.54) is 0 Å². The number of nitriles is 1. The first-order chi connectivity index (χ1) is 15.3. The molecule has 0 unspecified atom stereocenters. The first kappa shape index (κ1) is 23.6. The maximum absolute atomic E-state index is 12.9. The van der Waals surface area contributed by atoms with Gasteiger partial charge in [0.25, 0.3) is 0 Å². The van der Waals surface area contributed by atoms with Crippen LogP contribution in [0.4, 0.5) is 5.82 Å². The molecule has 3 rings (SSSR count). The van der Waals surface area contributed by atoms with Gasteiger partial charge in [-0.15, -0.1) is 0 Å². The predicted octanol–water partition coefficient (Wildman–Crippen LogP) is 3.20. The number of nitrogens with zero attached hydrogens (tertiary/aromatic N) is 3. The molecule has 1 aromatic heterocycles. The van der Waals surface area contributed by atoms with Gasteiger partial charge in [-0.05, 0) is 37.8 Å². The third-order valence-corrected chi connectivity index (χ3v) is 6.21. The highest BCUT2D eigenvalue weighted by molar-refractivity contribution is 5.93. The number of rotatable bonds is 7. The third kappa shape index (κ3) is 5.57. The van der Waals surface area contributed by atoms with E-state index >= 15 is 0 Å². The maximum atomic E-state index is 12.9. The van der Waals surface area contributed by atoms with Gasteiger partial charge in [0, 0.05) is 37.3 Å². The van der Waals surface area contributed by atoms with Crippen LogP contribution in [0.25, 0.3) is 0 Å². The molecule has 1 aliphatic heterocycles. The molecule has 1 saturated heterocycles. The van der Waals surface area contributed by atoms with E-state index < -0.39 is 0 Å². The summed E-state index contributed by atoms with van der Waals surface area (Å²) >= 11 is 0. The molecule has 0 spiro atoms. The monoisotopic (exact) mass is 435 g/mol. The number of hydrogen-bond donors (Lipinski definition) is 2. The van der Waals surface area contributed by atoms with Gasteiger partial charge in [-0.1, -0.05) is 44.2 Å². The zero-order valence-electron chi connectivity index (χ0n) is 19.4. The lowest BCUT2D eigenvalue weighted by Crippen LogP contribution is -2.47. The molecule has 170 valence electrons. The van der Waals surface area contributed by atoms with Crippen molar-refractivity contribution in [1.29, 1.82) is 5.26 Å². The van der Waals surface area contributed by atoms with Crippen molar-refractivity contribution in [2.24, 2.45) is 5.92 Å². The van der Waals surface area contributed by atoms with Crippen molar-refractivity contribution in [3.05, 3.63) is 52.7 Å². The number of aromatic nitrogens is 1. The number of carbonyl (C=O) groups is 2. The summed E-state index contributed by atoms with van der Waals surface area (Å²) in [5, 5.41) is 15.8. The number of hydrogen-bond acceptors (Lipinski definition) is 4. The van der Waals surface area contributed by atoms with E-state index in [1.54, 1.807) is 0 Å². The fourth-order valence-electron chi connectivity index (χ4n) is 4.07. The first-order valence-corrected chi connectivity index (χ1v) is 11.3. The molecule has 0 aliphatic carbocycles. The number of nitrogens with one attached hydrogen (secondary N) is 2. The van der Waals surface area contributed by atoms with Gasteiger partial charge in [-0.3, -0.25) is 14.5 Å². The van der Waals surface area contributed by atoms with Crippen molar-refractivity contribution in [1.82, 2.24) is 14.8 Å². The van der Waals surface area contributed by atoms with Crippen LogP contribution in [0, 0.1) is 31.1 Å². The van der Waals surface area contributed by atoms with Crippen LogP contribution in [0.15, 0.2) is 30.3 Å². The SMILES string of the molecule is Cc1c(C#N)c(NC(=O)CN2CCC(NC(=O)C(C)C)CC2)n(Cc2ccccc2)c1C. The van der Waals surface area contributed by atoms with E-state index in [9.17, 15) is 14.9 Å². The number of carbonyl (C=O) groups excluding carboxylic acids is 2. The Labute approximate surface area is 190 Å².